The number of anilines is 2. The Labute approximate surface area is 149 Å². The van der Waals surface area contributed by atoms with Crippen LogP contribution in [0.2, 0.25) is 5.02 Å². The fourth-order valence-electron chi connectivity index (χ4n) is 2.61. The smallest absolute Gasteiger partial charge is 0.163 e. The van der Waals surface area contributed by atoms with Gasteiger partial charge in [0, 0.05) is 46.7 Å². The molecule has 2 aromatic heterocycles. The highest BCUT2D eigenvalue weighted by Gasteiger charge is 2.22. The molecule has 24 heavy (non-hydrogen) atoms. The van der Waals surface area contributed by atoms with E-state index in [1.54, 1.807) is 0 Å². The van der Waals surface area contributed by atoms with Gasteiger partial charge in [0.05, 0.1) is 10.7 Å². The summed E-state index contributed by atoms with van der Waals surface area (Å²) in [6.45, 7) is 3.82. The molecule has 3 aromatic rings. The predicted molar refractivity (Wildman–Crippen MR) is 101 cm³/mol. The van der Waals surface area contributed by atoms with Gasteiger partial charge in [-0.15, -0.1) is 0 Å². The molecular formula is C17H23ClN6. The van der Waals surface area contributed by atoms with Crippen LogP contribution in [-0.2, 0) is 0 Å². The first-order valence-corrected chi connectivity index (χ1v) is 8.20. The summed E-state index contributed by atoms with van der Waals surface area (Å²) in [5.41, 5.74) is 2.82. The highest BCUT2D eigenvalue weighted by molar-refractivity contribution is 6.33. The van der Waals surface area contributed by atoms with Gasteiger partial charge in [-0.25, -0.2) is 9.97 Å². The van der Waals surface area contributed by atoms with E-state index in [9.17, 15) is 0 Å². The molecule has 6 nitrogen and oxygen atoms in total. The van der Waals surface area contributed by atoms with Crippen LogP contribution in [0.1, 0.15) is 21.6 Å². The number of nitrogens with one attached hydrogen (secondary N) is 3. The maximum Gasteiger partial charge on any atom is 0.163 e. The fraction of sp³-hybridized carbons (Fsp3) is 0.235. The Morgan fingerprint density at radius 1 is 1.17 bits per heavy atom. The third-order valence-corrected chi connectivity index (χ3v) is 4.35. The van der Waals surface area contributed by atoms with Crippen LogP contribution in [0.25, 0.3) is 11.4 Å². The number of aromatic amines is 1. The summed E-state index contributed by atoms with van der Waals surface area (Å²) < 4.78 is 0. The zero-order chi connectivity index (χ0) is 16.5. The van der Waals surface area contributed by atoms with Crippen LogP contribution in [0.4, 0.5) is 11.6 Å². The molecule has 0 spiro atoms. The Balaban J connectivity index is 0.00000121. The minimum atomic E-state index is 0. The van der Waals surface area contributed by atoms with Crippen molar-refractivity contribution >= 4 is 23.2 Å². The Kier molecular flexibility index (Phi) is 3.92. The van der Waals surface area contributed by atoms with Crippen molar-refractivity contribution in [3.05, 3.63) is 52.8 Å². The zero-order valence-corrected chi connectivity index (χ0v) is 13.9. The third-order valence-electron chi connectivity index (χ3n) is 4.02. The first-order valence-electron chi connectivity index (χ1n) is 7.82. The van der Waals surface area contributed by atoms with Gasteiger partial charge in [0.25, 0.3) is 0 Å². The average molecular weight is 347 g/mol. The topological polar surface area (TPSA) is 78.5 Å². The lowest BCUT2D eigenvalue weighted by atomic mass is 9.99. The van der Waals surface area contributed by atoms with Crippen LogP contribution in [-0.4, -0.2) is 33.3 Å². The summed E-state index contributed by atoms with van der Waals surface area (Å²) in [7, 11) is 0. The van der Waals surface area contributed by atoms with Crippen LogP contribution >= 0.6 is 11.6 Å². The van der Waals surface area contributed by atoms with E-state index in [-0.39, 0.29) is 4.28 Å². The van der Waals surface area contributed by atoms with Gasteiger partial charge in [-0.2, -0.15) is 5.10 Å². The lowest BCUT2D eigenvalue weighted by molar-refractivity contribution is 0.440. The van der Waals surface area contributed by atoms with Crippen LogP contribution in [0, 0.1) is 6.92 Å². The average Bonchev–Trinajstić information content (AvgIpc) is 2.91. The van der Waals surface area contributed by atoms with Crippen LogP contribution < -0.4 is 10.6 Å². The summed E-state index contributed by atoms with van der Waals surface area (Å²) in [5, 5.41) is 14.3. The van der Waals surface area contributed by atoms with Crippen molar-refractivity contribution in [2.75, 3.05) is 18.4 Å². The molecule has 0 unspecified atom stereocenters. The molecule has 0 amide bonds. The van der Waals surface area contributed by atoms with Gasteiger partial charge < -0.3 is 10.6 Å². The summed E-state index contributed by atoms with van der Waals surface area (Å²) in [6, 6.07) is 11.5. The zero-order valence-electron chi connectivity index (χ0n) is 13.2. The number of nitrogens with zero attached hydrogens (tertiary/aromatic N) is 3. The second-order valence-electron chi connectivity index (χ2n) is 5.90. The minimum absolute atomic E-state index is 0. The molecular weight excluding hydrogens is 324 g/mol. The molecule has 0 aliphatic carbocycles. The van der Waals surface area contributed by atoms with E-state index in [0.29, 0.717) is 22.6 Å². The number of rotatable bonds is 4. The second-order valence-corrected chi connectivity index (χ2v) is 6.31. The fourth-order valence-corrected chi connectivity index (χ4v) is 2.83. The molecule has 4 rings (SSSR count). The number of benzene rings is 1. The van der Waals surface area contributed by atoms with E-state index in [1.807, 2.05) is 43.3 Å². The number of H-pyrrole nitrogens is 1. The van der Waals surface area contributed by atoms with Crippen molar-refractivity contribution < 1.29 is 4.28 Å². The summed E-state index contributed by atoms with van der Waals surface area (Å²) in [5.74, 6) is 2.47. The summed E-state index contributed by atoms with van der Waals surface area (Å²) in [6.07, 6.45) is 0. The van der Waals surface area contributed by atoms with Gasteiger partial charge in [0.15, 0.2) is 11.6 Å². The van der Waals surface area contributed by atoms with Crippen LogP contribution in [0.3, 0.4) is 0 Å². The maximum atomic E-state index is 6.32. The van der Waals surface area contributed by atoms with E-state index < -0.39 is 0 Å². The van der Waals surface area contributed by atoms with Crippen molar-refractivity contribution in [3.63, 3.8) is 0 Å². The standard InChI is InChI=1S/C17H17ClN6.3H2/c1-10-6-16(24-23-10)21-15-7-14(11-8-19-9-11)20-17(22-15)12-4-2-3-5-13(12)18;;;/h2-7,11,19H,8-9H2,1H3,(H2,20,21,22,23,24);3*1H. The summed E-state index contributed by atoms with van der Waals surface area (Å²) in [4.78, 5) is 9.36. The molecule has 3 heterocycles. The van der Waals surface area contributed by atoms with Gasteiger partial charge >= 0.3 is 0 Å². The molecule has 7 heteroatoms. The molecule has 3 N–H and O–H groups in total. The van der Waals surface area contributed by atoms with E-state index in [2.05, 4.69) is 25.8 Å². The quantitative estimate of drug-likeness (QED) is 0.665. The van der Waals surface area contributed by atoms with Crippen LogP contribution in [0.15, 0.2) is 36.4 Å². The van der Waals surface area contributed by atoms with Crippen molar-refractivity contribution in [3.8, 4) is 11.4 Å². The molecule has 0 atom stereocenters. The molecule has 0 bridgehead atoms. The van der Waals surface area contributed by atoms with Crippen molar-refractivity contribution in [2.24, 2.45) is 0 Å². The number of hydrogen-bond donors (Lipinski definition) is 3. The predicted octanol–water partition coefficient (Wildman–Crippen LogP) is 4.00. The molecule has 1 aliphatic heterocycles. The molecule has 1 saturated heterocycles. The van der Waals surface area contributed by atoms with Gasteiger partial charge in [-0.3, -0.25) is 5.10 Å². The Morgan fingerprint density at radius 3 is 2.67 bits per heavy atom. The van der Waals surface area contributed by atoms with E-state index in [0.717, 1.165) is 35.9 Å². The Morgan fingerprint density at radius 2 is 2.00 bits per heavy atom. The van der Waals surface area contributed by atoms with E-state index in [4.69, 9.17) is 16.6 Å². The van der Waals surface area contributed by atoms with Crippen LogP contribution in [0.5, 0.6) is 0 Å². The number of aryl methyl sites for hydroxylation is 1. The number of halogens is 1. The largest absolute Gasteiger partial charge is 0.323 e. The monoisotopic (exact) mass is 346 g/mol. The van der Waals surface area contributed by atoms with Gasteiger partial charge in [-0.05, 0) is 19.1 Å². The SMILES string of the molecule is Cc1cc(Nc2cc(C3CNC3)nc(-c3ccccc3Cl)n2)n[nH]1.[HH].[HH].[HH]. The maximum absolute atomic E-state index is 6.32. The molecule has 1 aromatic carbocycles. The highest BCUT2D eigenvalue weighted by Crippen LogP contribution is 2.29. The van der Waals surface area contributed by atoms with Gasteiger partial charge in [-0.1, -0.05) is 23.7 Å². The number of aromatic nitrogens is 4. The summed E-state index contributed by atoms with van der Waals surface area (Å²) >= 11 is 6.32. The van der Waals surface area contributed by atoms with Crippen molar-refractivity contribution in [1.82, 2.24) is 25.5 Å². The van der Waals surface area contributed by atoms with E-state index >= 15 is 0 Å². The molecule has 1 aliphatic rings. The second kappa shape index (κ2) is 6.22. The lowest BCUT2D eigenvalue weighted by Gasteiger charge is -2.27. The normalized spacial score (nSPS) is 14.4. The van der Waals surface area contributed by atoms with E-state index in [1.165, 1.54) is 0 Å². The van der Waals surface area contributed by atoms with Gasteiger partial charge in [0.1, 0.15) is 5.82 Å². The first-order chi connectivity index (χ1) is 11.7. The molecule has 128 valence electrons. The lowest BCUT2D eigenvalue weighted by Crippen LogP contribution is -2.40. The van der Waals surface area contributed by atoms with Crippen molar-refractivity contribution in [1.29, 1.82) is 0 Å². The Bertz CT molecular complexity index is 885. The number of hydrogen-bond acceptors (Lipinski definition) is 5. The minimum Gasteiger partial charge on any atom is -0.323 e. The molecule has 0 radical (unpaired) electrons. The van der Waals surface area contributed by atoms with Crippen molar-refractivity contribution in [2.45, 2.75) is 12.8 Å². The highest BCUT2D eigenvalue weighted by atomic mass is 35.5. The molecule has 1 fully saturated rings. The molecule has 0 saturated carbocycles. The Hall–Kier alpha value is -2.44. The first kappa shape index (κ1) is 15.1. The van der Waals surface area contributed by atoms with Gasteiger partial charge in [0.2, 0.25) is 0 Å². The third kappa shape index (κ3) is 2.98.